The first-order valence-corrected chi connectivity index (χ1v) is 3.68. The van der Waals surface area contributed by atoms with Crippen molar-refractivity contribution in [1.82, 2.24) is 0 Å². The van der Waals surface area contributed by atoms with Crippen LogP contribution in [0.2, 0.25) is 0 Å². The van der Waals surface area contributed by atoms with Crippen molar-refractivity contribution in [2.24, 2.45) is 5.92 Å². The maximum absolute atomic E-state index is 10.3. The van der Waals surface area contributed by atoms with Crippen molar-refractivity contribution in [1.29, 1.82) is 0 Å². The lowest BCUT2D eigenvalue weighted by atomic mass is 10.1. The number of rotatable bonds is 5. The van der Waals surface area contributed by atoms with Gasteiger partial charge in [-0.2, -0.15) is 0 Å². The highest BCUT2D eigenvalue weighted by Crippen LogP contribution is 2.01. The van der Waals surface area contributed by atoms with E-state index >= 15 is 0 Å². The summed E-state index contributed by atoms with van der Waals surface area (Å²) in [4.78, 5) is 20.3. The van der Waals surface area contributed by atoms with Gasteiger partial charge in [0.2, 0.25) is 6.29 Å². The lowest BCUT2D eigenvalue weighted by Gasteiger charge is -2.02. The summed E-state index contributed by atoms with van der Waals surface area (Å²) in [6.45, 7) is 3.57. The summed E-state index contributed by atoms with van der Waals surface area (Å²) in [6.07, 6.45) is 3.33. The molecule has 0 heterocycles. The van der Waals surface area contributed by atoms with Gasteiger partial charge in [-0.05, 0) is 12.8 Å². The van der Waals surface area contributed by atoms with Crippen molar-refractivity contribution in [3.63, 3.8) is 0 Å². The second-order valence-corrected chi connectivity index (χ2v) is 2.50. The maximum Gasteiger partial charge on any atom is 0.302 e. The first kappa shape index (κ1) is 10.1. The van der Waals surface area contributed by atoms with E-state index in [-0.39, 0.29) is 11.9 Å². The molecule has 0 aromatic heterocycles. The van der Waals surface area contributed by atoms with Crippen LogP contribution in [0.1, 0.15) is 26.7 Å². The average Bonchev–Trinajstić information content (AvgIpc) is 1.97. The number of hydrogen-bond donors (Lipinski definition) is 0. The van der Waals surface area contributed by atoms with Crippen molar-refractivity contribution in [3.8, 4) is 0 Å². The highest BCUT2D eigenvalue weighted by atomic mass is 16.5. The van der Waals surface area contributed by atoms with E-state index in [1.807, 2.05) is 6.29 Å². The van der Waals surface area contributed by atoms with Gasteiger partial charge >= 0.3 is 5.97 Å². The molecular weight excluding hydrogens is 144 g/mol. The molecule has 3 heteroatoms. The van der Waals surface area contributed by atoms with Crippen molar-refractivity contribution < 1.29 is 14.3 Å². The van der Waals surface area contributed by atoms with Gasteiger partial charge in [0.25, 0.3) is 0 Å². The van der Waals surface area contributed by atoms with Gasteiger partial charge in [0.1, 0.15) is 0 Å². The Labute approximate surface area is 66.7 Å². The van der Waals surface area contributed by atoms with Gasteiger partial charge in [-0.25, -0.2) is 0 Å². The minimum absolute atomic E-state index is 0.0504. The standard InChI is InChI=1S/C8H13O3/c1-7(6-9)4-3-5-11-8(2)10/h7H,3-5H2,1-2H3. The minimum atomic E-state index is -0.271. The van der Waals surface area contributed by atoms with Crippen LogP contribution in [-0.2, 0) is 14.3 Å². The van der Waals surface area contributed by atoms with Crippen LogP contribution in [0.4, 0.5) is 0 Å². The third-order valence-corrected chi connectivity index (χ3v) is 1.29. The van der Waals surface area contributed by atoms with Crippen molar-refractivity contribution in [2.75, 3.05) is 6.61 Å². The van der Waals surface area contributed by atoms with Crippen LogP contribution >= 0.6 is 0 Å². The van der Waals surface area contributed by atoms with Gasteiger partial charge in [-0.1, -0.05) is 6.92 Å². The van der Waals surface area contributed by atoms with Crippen LogP contribution < -0.4 is 0 Å². The normalized spacial score (nSPS) is 12.2. The predicted molar refractivity (Wildman–Crippen MR) is 40.7 cm³/mol. The molecule has 0 aliphatic carbocycles. The minimum Gasteiger partial charge on any atom is -0.466 e. The van der Waals surface area contributed by atoms with Gasteiger partial charge < -0.3 is 4.74 Å². The SMILES string of the molecule is CC(=O)OCCCC(C)[C]=O. The van der Waals surface area contributed by atoms with Crippen LogP contribution in [0, 0.1) is 5.92 Å². The Morgan fingerprint density at radius 3 is 2.73 bits per heavy atom. The van der Waals surface area contributed by atoms with E-state index in [1.54, 1.807) is 6.92 Å². The van der Waals surface area contributed by atoms with Gasteiger partial charge in [0, 0.05) is 12.8 Å². The van der Waals surface area contributed by atoms with Gasteiger partial charge in [-0.15, -0.1) is 0 Å². The van der Waals surface area contributed by atoms with E-state index in [2.05, 4.69) is 4.74 Å². The molecule has 0 bridgehead atoms. The first-order valence-electron chi connectivity index (χ1n) is 3.68. The molecule has 3 nitrogen and oxygen atoms in total. The average molecular weight is 157 g/mol. The zero-order valence-corrected chi connectivity index (χ0v) is 6.92. The molecule has 0 aliphatic heterocycles. The fraction of sp³-hybridized carbons (Fsp3) is 0.750. The quantitative estimate of drug-likeness (QED) is 0.443. The molecule has 1 unspecified atom stereocenters. The lowest BCUT2D eigenvalue weighted by molar-refractivity contribution is -0.141. The fourth-order valence-corrected chi connectivity index (χ4v) is 0.664. The summed E-state index contributed by atoms with van der Waals surface area (Å²) in [5.74, 6) is -0.321. The number of carbonyl (C=O) groups is 1. The molecule has 0 aliphatic rings. The zero-order chi connectivity index (χ0) is 8.69. The van der Waals surface area contributed by atoms with E-state index < -0.39 is 0 Å². The topological polar surface area (TPSA) is 43.4 Å². The molecule has 0 fully saturated rings. The van der Waals surface area contributed by atoms with E-state index in [4.69, 9.17) is 0 Å². The largest absolute Gasteiger partial charge is 0.466 e. The Balaban J connectivity index is 3.14. The Bertz CT molecular complexity index is 131. The smallest absolute Gasteiger partial charge is 0.302 e. The van der Waals surface area contributed by atoms with Crippen LogP contribution in [-0.4, -0.2) is 18.9 Å². The molecule has 0 saturated carbocycles. The summed E-state index contributed by atoms with van der Waals surface area (Å²) < 4.78 is 4.67. The molecule has 0 amide bonds. The molecule has 11 heavy (non-hydrogen) atoms. The van der Waals surface area contributed by atoms with Crippen molar-refractivity contribution in [3.05, 3.63) is 0 Å². The number of ether oxygens (including phenoxy) is 1. The molecule has 0 aromatic rings. The maximum atomic E-state index is 10.3. The van der Waals surface area contributed by atoms with Crippen LogP contribution in [0.25, 0.3) is 0 Å². The zero-order valence-electron chi connectivity index (χ0n) is 6.92. The molecule has 1 radical (unpaired) electrons. The number of carbonyl (C=O) groups excluding carboxylic acids is 2. The third kappa shape index (κ3) is 7.03. The summed E-state index contributed by atoms with van der Waals surface area (Å²) in [5, 5.41) is 0. The molecule has 0 spiro atoms. The Kier molecular flexibility index (Phi) is 5.43. The van der Waals surface area contributed by atoms with E-state index in [9.17, 15) is 9.59 Å². The van der Waals surface area contributed by atoms with Gasteiger partial charge in [0.05, 0.1) is 6.61 Å². The molecule has 63 valence electrons. The van der Waals surface area contributed by atoms with Crippen LogP contribution in [0.3, 0.4) is 0 Å². The summed E-state index contributed by atoms with van der Waals surface area (Å²) >= 11 is 0. The Morgan fingerprint density at radius 1 is 1.64 bits per heavy atom. The first-order chi connectivity index (χ1) is 5.16. The molecular formula is C8H13O3. The Hall–Kier alpha value is -0.860. The summed E-state index contributed by atoms with van der Waals surface area (Å²) in [6, 6.07) is 0. The molecule has 0 rings (SSSR count). The van der Waals surface area contributed by atoms with Crippen molar-refractivity contribution >= 4 is 12.3 Å². The highest BCUT2D eigenvalue weighted by Gasteiger charge is 2.00. The molecule has 1 atom stereocenters. The molecule has 0 N–H and O–H groups in total. The van der Waals surface area contributed by atoms with E-state index in [0.717, 1.165) is 12.8 Å². The number of esters is 1. The van der Waals surface area contributed by atoms with Gasteiger partial charge in [0.15, 0.2) is 0 Å². The Morgan fingerprint density at radius 2 is 2.27 bits per heavy atom. The second kappa shape index (κ2) is 5.89. The summed E-state index contributed by atoms with van der Waals surface area (Å²) in [7, 11) is 0. The second-order valence-electron chi connectivity index (χ2n) is 2.50. The van der Waals surface area contributed by atoms with E-state index in [0.29, 0.717) is 6.61 Å². The van der Waals surface area contributed by atoms with Crippen molar-refractivity contribution in [2.45, 2.75) is 26.7 Å². The third-order valence-electron chi connectivity index (χ3n) is 1.29. The number of hydrogen-bond acceptors (Lipinski definition) is 3. The van der Waals surface area contributed by atoms with Crippen LogP contribution in [0.15, 0.2) is 0 Å². The fourth-order valence-electron chi connectivity index (χ4n) is 0.664. The van der Waals surface area contributed by atoms with Crippen LogP contribution in [0.5, 0.6) is 0 Å². The monoisotopic (exact) mass is 157 g/mol. The predicted octanol–water partition coefficient (Wildman–Crippen LogP) is 1.08. The van der Waals surface area contributed by atoms with Gasteiger partial charge in [-0.3, -0.25) is 9.59 Å². The molecule has 0 saturated heterocycles. The highest BCUT2D eigenvalue weighted by molar-refractivity contribution is 5.65. The lowest BCUT2D eigenvalue weighted by Crippen LogP contribution is -2.03. The van der Waals surface area contributed by atoms with E-state index in [1.165, 1.54) is 6.92 Å². The molecule has 0 aromatic carbocycles. The summed E-state index contributed by atoms with van der Waals surface area (Å²) in [5.41, 5.74) is 0.